The summed E-state index contributed by atoms with van der Waals surface area (Å²) < 4.78 is 5.33. The van der Waals surface area contributed by atoms with Crippen molar-refractivity contribution in [3.63, 3.8) is 0 Å². The second kappa shape index (κ2) is 3.85. The molecule has 0 saturated heterocycles. The van der Waals surface area contributed by atoms with Crippen LogP contribution in [0, 0.1) is 10.1 Å². The summed E-state index contributed by atoms with van der Waals surface area (Å²) in [6, 6.07) is 4.00. The third kappa shape index (κ3) is 1.94. The van der Waals surface area contributed by atoms with E-state index in [0.717, 1.165) is 6.07 Å². The molecule has 2 rings (SSSR count). The Bertz CT molecular complexity index is 648. The minimum Gasteiger partial charge on any atom is -0.425 e. The number of non-ortho nitro benzene ring substituents is 1. The van der Waals surface area contributed by atoms with E-state index >= 15 is 0 Å². The van der Waals surface area contributed by atoms with Crippen molar-refractivity contribution in [2.75, 3.05) is 19.0 Å². The van der Waals surface area contributed by atoms with Gasteiger partial charge in [0.25, 0.3) is 11.2 Å². The molecule has 7 nitrogen and oxygen atoms in total. The van der Waals surface area contributed by atoms with Gasteiger partial charge in [-0.05, 0) is 6.07 Å². The lowest BCUT2D eigenvalue weighted by atomic mass is 10.2. The van der Waals surface area contributed by atoms with Crippen molar-refractivity contribution in [1.82, 2.24) is 4.98 Å². The van der Waals surface area contributed by atoms with Crippen molar-refractivity contribution < 1.29 is 9.34 Å². The molecule has 0 fully saturated rings. The van der Waals surface area contributed by atoms with Gasteiger partial charge in [0.1, 0.15) is 5.58 Å². The van der Waals surface area contributed by atoms with E-state index in [4.69, 9.17) is 4.42 Å². The van der Waals surface area contributed by atoms with Gasteiger partial charge in [-0.25, -0.2) is 0 Å². The number of hydrogen-bond acceptors (Lipinski definition) is 6. The maximum Gasteiger partial charge on any atom is 0.300 e. The van der Waals surface area contributed by atoms with Crippen LogP contribution in [-0.4, -0.2) is 24.0 Å². The molecule has 0 N–H and O–H groups in total. The van der Waals surface area contributed by atoms with E-state index in [1.807, 2.05) is 0 Å². The maximum absolute atomic E-state index is 11.7. The molecule has 0 aliphatic rings. The van der Waals surface area contributed by atoms with Crippen LogP contribution in [-0.2, 0) is 0 Å². The van der Waals surface area contributed by atoms with Crippen molar-refractivity contribution in [2.45, 2.75) is 0 Å². The Kier molecular flexibility index (Phi) is 2.51. The Morgan fingerprint density at radius 1 is 1.41 bits per heavy atom. The quantitative estimate of drug-likeness (QED) is 0.573. The predicted octanol–water partition coefficient (Wildman–Crippen LogP) is 1.16. The lowest BCUT2D eigenvalue weighted by Gasteiger charge is -2.08. The number of rotatable bonds is 2. The molecule has 0 atom stereocenters. The van der Waals surface area contributed by atoms with Gasteiger partial charge in [-0.3, -0.25) is 14.9 Å². The van der Waals surface area contributed by atoms with E-state index in [0.29, 0.717) is 0 Å². The molecule has 0 unspecified atom stereocenters. The fraction of sp³-hybridized carbons (Fsp3) is 0.200. The summed E-state index contributed by atoms with van der Waals surface area (Å²) in [7, 11) is 3.37. The molecule has 0 aliphatic carbocycles. The molecule has 0 spiro atoms. The Hall–Kier alpha value is -2.44. The fourth-order valence-corrected chi connectivity index (χ4v) is 1.35. The van der Waals surface area contributed by atoms with Gasteiger partial charge in [-0.1, -0.05) is 0 Å². The van der Waals surface area contributed by atoms with Crippen molar-refractivity contribution in [1.29, 1.82) is 0 Å². The smallest absolute Gasteiger partial charge is 0.300 e. The average molecular weight is 235 g/mol. The summed E-state index contributed by atoms with van der Waals surface area (Å²) in [6.45, 7) is 0. The highest BCUT2D eigenvalue weighted by atomic mass is 16.6. The van der Waals surface area contributed by atoms with E-state index in [1.165, 1.54) is 12.1 Å². The van der Waals surface area contributed by atoms with Crippen molar-refractivity contribution >= 4 is 22.7 Å². The van der Waals surface area contributed by atoms with E-state index in [-0.39, 0.29) is 22.7 Å². The molecular formula is C10H9N3O4. The summed E-state index contributed by atoms with van der Waals surface area (Å²) >= 11 is 0. The van der Waals surface area contributed by atoms with Crippen LogP contribution < -0.4 is 10.5 Å². The van der Waals surface area contributed by atoms with Gasteiger partial charge in [-0.2, -0.15) is 4.98 Å². The summed E-state index contributed by atoms with van der Waals surface area (Å²) in [5, 5.41) is 10.7. The number of hydrogen-bond donors (Lipinski definition) is 0. The van der Waals surface area contributed by atoms with Gasteiger partial charge in [0.05, 0.1) is 10.3 Å². The first-order valence-corrected chi connectivity index (χ1v) is 4.75. The van der Waals surface area contributed by atoms with Gasteiger partial charge in [0.2, 0.25) is 0 Å². The van der Waals surface area contributed by atoms with Crippen molar-refractivity contribution in [2.24, 2.45) is 0 Å². The first kappa shape index (κ1) is 11.1. The third-order valence-corrected chi connectivity index (χ3v) is 2.19. The molecule has 2 aromatic rings. The fourth-order valence-electron chi connectivity index (χ4n) is 1.35. The predicted molar refractivity (Wildman–Crippen MR) is 61.3 cm³/mol. The minimum atomic E-state index is -0.571. The zero-order valence-electron chi connectivity index (χ0n) is 9.21. The Morgan fingerprint density at radius 2 is 2.12 bits per heavy atom. The first-order chi connectivity index (χ1) is 7.99. The van der Waals surface area contributed by atoms with Gasteiger partial charge in [-0.15, -0.1) is 0 Å². The molecule has 1 aromatic heterocycles. The monoisotopic (exact) mass is 235 g/mol. The number of fused-ring (bicyclic) bond motifs is 1. The van der Waals surface area contributed by atoms with Crippen LogP contribution in [0.4, 0.5) is 11.7 Å². The first-order valence-electron chi connectivity index (χ1n) is 4.75. The highest BCUT2D eigenvalue weighted by molar-refractivity contribution is 5.78. The molecule has 88 valence electrons. The van der Waals surface area contributed by atoms with Crippen LogP contribution in [0.25, 0.3) is 11.0 Å². The van der Waals surface area contributed by atoms with Crippen LogP contribution in [0.15, 0.2) is 27.4 Å². The SMILES string of the molecule is CN(C)c1nc(=O)c2cc([N+](=O)[O-])ccc2o1. The molecule has 1 heterocycles. The number of aromatic nitrogens is 1. The number of nitro benzene ring substituents is 1. The average Bonchev–Trinajstić information content (AvgIpc) is 2.28. The Labute approximate surface area is 95.4 Å². The lowest BCUT2D eigenvalue weighted by Crippen LogP contribution is -2.16. The number of benzene rings is 1. The Balaban J connectivity index is 2.73. The maximum atomic E-state index is 11.7. The highest BCUT2D eigenvalue weighted by Crippen LogP contribution is 2.20. The molecule has 0 radical (unpaired) electrons. The number of nitro groups is 1. The number of anilines is 1. The second-order valence-electron chi connectivity index (χ2n) is 3.63. The molecule has 1 aromatic carbocycles. The van der Waals surface area contributed by atoms with Crippen molar-refractivity contribution in [3.8, 4) is 0 Å². The van der Waals surface area contributed by atoms with E-state index < -0.39 is 10.5 Å². The molecule has 0 aliphatic heterocycles. The summed E-state index contributed by atoms with van der Waals surface area (Å²) in [4.78, 5) is 26.9. The third-order valence-electron chi connectivity index (χ3n) is 2.19. The van der Waals surface area contributed by atoms with Gasteiger partial charge < -0.3 is 9.32 Å². The van der Waals surface area contributed by atoms with E-state index in [2.05, 4.69) is 4.98 Å². The molecule has 0 amide bonds. The normalized spacial score (nSPS) is 10.5. The zero-order chi connectivity index (χ0) is 12.6. The van der Waals surface area contributed by atoms with Gasteiger partial charge >= 0.3 is 6.01 Å². The van der Waals surface area contributed by atoms with Gasteiger partial charge in [0, 0.05) is 26.2 Å². The van der Waals surface area contributed by atoms with Crippen LogP contribution in [0.5, 0.6) is 0 Å². The zero-order valence-corrected chi connectivity index (χ0v) is 9.21. The van der Waals surface area contributed by atoms with Crippen LogP contribution >= 0.6 is 0 Å². The molecule has 7 heteroatoms. The summed E-state index contributed by atoms with van der Waals surface area (Å²) in [5.74, 6) is 0. The largest absolute Gasteiger partial charge is 0.425 e. The van der Waals surface area contributed by atoms with Crippen LogP contribution in [0.2, 0.25) is 0 Å². The standard InChI is InChI=1S/C10H9N3O4/c1-12(2)10-11-9(14)7-5-6(13(15)16)3-4-8(7)17-10/h3-5H,1-2H3. The molecule has 17 heavy (non-hydrogen) atoms. The van der Waals surface area contributed by atoms with Crippen LogP contribution in [0.3, 0.4) is 0 Å². The summed E-state index contributed by atoms with van der Waals surface area (Å²) in [5.41, 5.74) is -0.429. The van der Waals surface area contributed by atoms with Crippen LogP contribution in [0.1, 0.15) is 0 Å². The molecule has 0 saturated carbocycles. The van der Waals surface area contributed by atoms with Gasteiger partial charge in [0.15, 0.2) is 0 Å². The molecular weight excluding hydrogens is 226 g/mol. The Morgan fingerprint density at radius 3 is 2.71 bits per heavy atom. The van der Waals surface area contributed by atoms with E-state index in [1.54, 1.807) is 19.0 Å². The second-order valence-corrected chi connectivity index (χ2v) is 3.63. The minimum absolute atomic E-state index is 0.102. The highest BCUT2D eigenvalue weighted by Gasteiger charge is 2.12. The number of nitrogens with zero attached hydrogens (tertiary/aromatic N) is 3. The van der Waals surface area contributed by atoms with Crippen molar-refractivity contribution in [3.05, 3.63) is 38.7 Å². The summed E-state index contributed by atoms with van der Waals surface area (Å²) in [6.07, 6.45) is 0. The molecule has 0 bridgehead atoms. The van der Waals surface area contributed by atoms with E-state index in [9.17, 15) is 14.9 Å². The lowest BCUT2D eigenvalue weighted by molar-refractivity contribution is -0.384. The topological polar surface area (TPSA) is 89.5 Å².